The minimum absolute atomic E-state index is 0.0216. The molecule has 2 aliphatic carbocycles. The van der Waals surface area contributed by atoms with Crippen molar-refractivity contribution in [1.29, 1.82) is 0 Å². The molecule has 1 aliphatic heterocycles. The van der Waals surface area contributed by atoms with Gasteiger partial charge in [-0.3, -0.25) is 14.6 Å². The van der Waals surface area contributed by atoms with E-state index < -0.39 is 11.8 Å². The van der Waals surface area contributed by atoms with E-state index in [0.29, 0.717) is 35.4 Å². The molecule has 2 aromatic rings. The van der Waals surface area contributed by atoms with Crippen LogP contribution in [0.15, 0.2) is 58.7 Å². The van der Waals surface area contributed by atoms with Gasteiger partial charge in [-0.2, -0.15) is 0 Å². The second-order valence-corrected chi connectivity index (χ2v) is 10.7. The van der Waals surface area contributed by atoms with E-state index in [1.54, 1.807) is 12.1 Å². The van der Waals surface area contributed by atoms with Gasteiger partial charge >= 0.3 is 5.97 Å². The van der Waals surface area contributed by atoms with Crippen LogP contribution in [0.4, 0.5) is 0 Å². The van der Waals surface area contributed by atoms with E-state index in [-0.39, 0.29) is 40.3 Å². The van der Waals surface area contributed by atoms with Crippen molar-refractivity contribution < 1.29 is 24.2 Å². The largest absolute Gasteiger partial charge is 0.503 e. The second-order valence-electron chi connectivity index (χ2n) is 10.3. The van der Waals surface area contributed by atoms with Crippen LogP contribution in [0.3, 0.4) is 0 Å². The van der Waals surface area contributed by atoms with Gasteiger partial charge in [0.2, 0.25) is 0 Å². The lowest BCUT2D eigenvalue weighted by Crippen LogP contribution is -2.39. The topological polar surface area (TPSA) is 85.2 Å². The molecular formula is C30H32ClNO5. The number of halogens is 1. The highest BCUT2D eigenvalue weighted by molar-refractivity contribution is 6.32. The van der Waals surface area contributed by atoms with Crippen molar-refractivity contribution in [3.8, 4) is 11.5 Å². The van der Waals surface area contributed by atoms with Crippen molar-refractivity contribution in [2.24, 2.45) is 10.9 Å². The smallest absolute Gasteiger partial charge is 0.315 e. The summed E-state index contributed by atoms with van der Waals surface area (Å²) in [6.45, 7) is 1.83. The van der Waals surface area contributed by atoms with Gasteiger partial charge in [0.05, 0.1) is 12.1 Å². The summed E-state index contributed by atoms with van der Waals surface area (Å²) < 4.78 is 11.4. The van der Waals surface area contributed by atoms with Gasteiger partial charge in [-0.1, -0.05) is 48.4 Å². The van der Waals surface area contributed by atoms with E-state index in [9.17, 15) is 14.7 Å². The van der Waals surface area contributed by atoms with Crippen molar-refractivity contribution in [2.75, 3.05) is 7.11 Å². The minimum atomic E-state index is -0.761. The average molecular weight is 522 g/mol. The van der Waals surface area contributed by atoms with Gasteiger partial charge in [-0.25, -0.2) is 0 Å². The van der Waals surface area contributed by atoms with Gasteiger partial charge in [0.25, 0.3) is 0 Å². The molecule has 0 radical (unpaired) electrons. The third kappa shape index (κ3) is 5.04. The van der Waals surface area contributed by atoms with Crippen molar-refractivity contribution in [1.82, 2.24) is 0 Å². The number of aromatic hydroxyl groups is 1. The third-order valence-corrected chi connectivity index (χ3v) is 8.17. The molecule has 1 fully saturated rings. The summed E-state index contributed by atoms with van der Waals surface area (Å²) in [5.41, 5.74) is 3.58. The van der Waals surface area contributed by atoms with E-state index in [1.165, 1.54) is 7.11 Å². The van der Waals surface area contributed by atoms with Crippen LogP contribution in [-0.4, -0.2) is 35.8 Å². The van der Waals surface area contributed by atoms with Gasteiger partial charge in [0.15, 0.2) is 17.3 Å². The molecule has 6 nitrogen and oxygen atoms in total. The summed E-state index contributed by atoms with van der Waals surface area (Å²) in [5.74, 6) is -1.75. The number of nitrogens with zero attached hydrogens (tertiary/aromatic N) is 1. The Kier molecular flexibility index (Phi) is 7.38. The molecule has 0 amide bonds. The lowest BCUT2D eigenvalue weighted by Gasteiger charge is -2.37. The molecule has 1 heterocycles. The summed E-state index contributed by atoms with van der Waals surface area (Å²) in [4.78, 5) is 32.3. The first kappa shape index (κ1) is 25.5. The first-order valence-electron chi connectivity index (χ1n) is 13.0. The number of phenolic OH excluding ortho intramolecular Hbond substituents is 1. The molecule has 3 unspecified atom stereocenters. The SMILES string of the molecule is COc1cc(C2C3=C(CC(c4ccccc4)CC3=O)N=C(C)C2C(=O)OC2CCCCC2)cc(Cl)c1O. The molecule has 37 heavy (non-hydrogen) atoms. The summed E-state index contributed by atoms with van der Waals surface area (Å²) in [5, 5.41) is 10.5. The van der Waals surface area contributed by atoms with Crippen LogP contribution in [-0.2, 0) is 14.3 Å². The Balaban J connectivity index is 1.58. The number of carbonyl (C=O) groups excluding carboxylic acids is 2. The lowest BCUT2D eigenvalue weighted by molar-refractivity contribution is -0.153. The highest BCUT2D eigenvalue weighted by Crippen LogP contribution is 2.49. The van der Waals surface area contributed by atoms with E-state index in [1.807, 2.05) is 37.3 Å². The Labute approximate surface area is 222 Å². The zero-order valence-corrected chi connectivity index (χ0v) is 22.0. The van der Waals surface area contributed by atoms with Crippen LogP contribution >= 0.6 is 11.6 Å². The summed E-state index contributed by atoms with van der Waals surface area (Å²) in [6.07, 6.45) is 5.75. The van der Waals surface area contributed by atoms with E-state index >= 15 is 0 Å². The maximum absolute atomic E-state index is 13.8. The van der Waals surface area contributed by atoms with Crippen LogP contribution in [0.2, 0.25) is 5.02 Å². The molecule has 1 N–H and O–H groups in total. The van der Waals surface area contributed by atoms with E-state index in [4.69, 9.17) is 26.1 Å². The number of ketones is 1. The highest BCUT2D eigenvalue weighted by atomic mass is 35.5. The number of hydrogen-bond acceptors (Lipinski definition) is 6. The first-order valence-corrected chi connectivity index (χ1v) is 13.4. The minimum Gasteiger partial charge on any atom is -0.503 e. The number of rotatable bonds is 5. The molecule has 1 saturated carbocycles. The first-order chi connectivity index (χ1) is 17.9. The second kappa shape index (κ2) is 10.7. The van der Waals surface area contributed by atoms with Crippen LogP contribution < -0.4 is 4.74 Å². The number of carbonyl (C=O) groups is 2. The number of aliphatic imine (C=N–C) groups is 1. The van der Waals surface area contributed by atoms with E-state index in [2.05, 4.69) is 0 Å². The van der Waals surface area contributed by atoms with Crippen LogP contribution in [0.1, 0.15) is 74.8 Å². The maximum Gasteiger partial charge on any atom is 0.315 e. The monoisotopic (exact) mass is 521 g/mol. The fraction of sp³-hybridized carbons (Fsp3) is 0.433. The van der Waals surface area contributed by atoms with Gasteiger partial charge < -0.3 is 14.6 Å². The molecule has 0 spiro atoms. The van der Waals surface area contributed by atoms with Gasteiger partial charge in [-0.05, 0) is 68.2 Å². The summed E-state index contributed by atoms with van der Waals surface area (Å²) in [6, 6.07) is 13.3. The third-order valence-electron chi connectivity index (χ3n) is 7.88. The fourth-order valence-corrected chi connectivity index (χ4v) is 6.25. The normalized spacial score (nSPS) is 24.4. The van der Waals surface area contributed by atoms with E-state index in [0.717, 1.165) is 37.7 Å². The molecule has 194 valence electrons. The van der Waals surface area contributed by atoms with Gasteiger partial charge in [0.1, 0.15) is 12.0 Å². The molecular weight excluding hydrogens is 490 g/mol. The summed E-state index contributed by atoms with van der Waals surface area (Å²) in [7, 11) is 1.44. The average Bonchev–Trinajstić information content (AvgIpc) is 2.90. The van der Waals surface area contributed by atoms with Crippen molar-refractivity contribution in [3.63, 3.8) is 0 Å². The Hall–Kier alpha value is -3.12. The predicted molar refractivity (Wildman–Crippen MR) is 142 cm³/mol. The highest BCUT2D eigenvalue weighted by Gasteiger charge is 2.45. The number of Topliss-reactive ketones (excluding diaryl/α,β-unsaturated/α-hetero) is 1. The quantitative estimate of drug-likeness (QED) is 0.453. The standard InChI is InChI=1S/C30H32ClNO5/c1-17-26(30(35)37-21-11-7-4-8-12-21)27(20-13-22(31)29(34)25(16-20)36-2)28-23(32-17)14-19(15-24(28)33)18-9-5-3-6-10-18/h3,5-6,9-10,13,16,19,21,26-27,34H,4,7-8,11-12,14-15H2,1-2H3. The maximum atomic E-state index is 13.8. The number of esters is 1. The van der Waals surface area contributed by atoms with Crippen molar-refractivity contribution in [3.05, 3.63) is 69.9 Å². The molecule has 7 heteroatoms. The zero-order chi connectivity index (χ0) is 26.1. The Morgan fingerprint density at radius 3 is 2.49 bits per heavy atom. The summed E-state index contributed by atoms with van der Waals surface area (Å²) >= 11 is 6.37. The number of phenols is 1. The lowest BCUT2D eigenvalue weighted by atomic mass is 9.69. The fourth-order valence-electron chi connectivity index (χ4n) is 6.04. The molecule has 3 aliphatic rings. The molecule has 3 atom stereocenters. The van der Waals surface area contributed by atoms with Gasteiger partial charge in [-0.15, -0.1) is 0 Å². The van der Waals surface area contributed by atoms with Crippen molar-refractivity contribution >= 4 is 29.1 Å². The Bertz CT molecular complexity index is 1260. The Morgan fingerprint density at radius 1 is 1.05 bits per heavy atom. The molecule has 2 aromatic carbocycles. The molecule has 0 bridgehead atoms. The number of methoxy groups -OCH3 is 1. The zero-order valence-electron chi connectivity index (χ0n) is 21.2. The molecule has 0 saturated heterocycles. The number of benzene rings is 2. The predicted octanol–water partition coefficient (Wildman–Crippen LogP) is 6.51. The van der Waals surface area contributed by atoms with Crippen LogP contribution in [0.5, 0.6) is 11.5 Å². The Morgan fingerprint density at radius 2 is 1.78 bits per heavy atom. The molecule has 5 rings (SSSR count). The number of allylic oxidation sites excluding steroid dienone is 2. The molecule has 0 aromatic heterocycles. The van der Waals surface area contributed by atoms with Crippen molar-refractivity contribution in [2.45, 2.75) is 69.8 Å². The van der Waals surface area contributed by atoms with Crippen LogP contribution in [0.25, 0.3) is 0 Å². The number of ether oxygens (including phenoxy) is 2. The van der Waals surface area contributed by atoms with Crippen LogP contribution in [0, 0.1) is 5.92 Å². The van der Waals surface area contributed by atoms with Gasteiger partial charge in [0, 0.05) is 29.3 Å². The number of hydrogen-bond donors (Lipinski definition) is 1.